The van der Waals surface area contributed by atoms with Crippen molar-refractivity contribution in [1.29, 1.82) is 0 Å². The van der Waals surface area contributed by atoms with Gasteiger partial charge < -0.3 is 9.47 Å². The largest absolute Gasteiger partial charge is 0.496 e. The molecule has 0 radical (unpaired) electrons. The van der Waals surface area contributed by atoms with Crippen LogP contribution in [0.4, 0.5) is 0 Å². The fraction of sp³-hybridized carbons (Fsp3) is 0.320. The number of rotatable bonds is 6. The molecule has 0 bridgehead atoms. The molecule has 4 heterocycles. The van der Waals surface area contributed by atoms with Gasteiger partial charge >= 0.3 is 0 Å². The van der Waals surface area contributed by atoms with Crippen LogP contribution in [-0.4, -0.2) is 70.5 Å². The van der Waals surface area contributed by atoms with E-state index in [4.69, 9.17) is 9.47 Å². The van der Waals surface area contributed by atoms with E-state index in [9.17, 15) is 0 Å². The second-order valence-corrected chi connectivity index (χ2v) is 8.33. The zero-order valence-corrected chi connectivity index (χ0v) is 19.2. The lowest BCUT2D eigenvalue weighted by Crippen LogP contribution is -2.46. The van der Waals surface area contributed by atoms with Crippen molar-refractivity contribution in [3.63, 3.8) is 0 Å². The average Bonchev–Trinajstić information content (AvgIpc) is 3.28. The summed E-state index contributed by atoms with van der Waals surface area (Å²) < 4.78 is 12.8. The van der Waals surface area contributed by atoms with Gasteiger partial charge in [0.25, 0.3) is 0 Å². The molecule has 8 heteroatoms. The van der Waals surface area contributed by atoms with Gasteiger partial charge in [0.2, 0.25) is 5.88 Å². The van der Waals surface area contributed by atoms with Crippen molar-refractivity contribution in [2.24, 2.45) is 0 Å². The Morgan fingerprint density at radius 3 is 2.73 bits per heavy atom. The topological polar surface area (TPSA) is 68.0 Å². The molecular formula is C25H28N6O2. The lowest BCUT2D eigenvalue weighted by Gasteiger charge is -2.38. The number of hydrogen-bond acceptors (Lipinski definition) is 7. The zero-order chi connectivity index (χ0) is 22.8. The third-order valence-corrected chi connectivity index (χ3v) is 6.34. The van der Waals surface area contributed by atoms with Crippen molar-refractivity contribution in [2.45, 2.75) is 12.6 Å². The average molecular weight is 445 g/mol. The van der Waals surface area contributed by atoms with Crippen LogP contribution in [0.25, 0.3) is 16.6 Å². The van der Waals surface area contributed by atoms with Crippen LogP contribution in [0.3, 0.4) is 0 Å². The Morgan fingerprint density at radius 2 is 1.88 bits per heavy atom. The van der Waals surface area contributed by atoms with Gasteiger partial charge in [-0.3, -0.25) is 9.80 Å². The third kappa shape index (κ3) is 4.15. The Bertz CT molecular complexity index is 1260. The number of benzene rings is 1. The van der Waals surface area contributed by atoms with Gasteiger partial charge in [-0.15, -0.1) is 5.10 Å². The van der Waals surface area contributed by atoms with Crippen molar-refractivity contribution in [1.82, 2.24) is 29.6 Å². The fourth-order valence-electron chi connectivity index (χ4n) is 4.53. The molecule has 0 unspecified atom stereocenters. The van der Waals surface area contributed by atoms with Gasteiger partial charge in [-0.2, -0.15) is 0 Å². The van der Waals surface area contributed by atoms with Gasteiger partial charge in [-0.25, -0.2) is 9.50 Å². The molecule has 33 heavy (non-hydrogen) atoms. The van der Waals surface area contributed by atoms with Gasteiger partial charge in [0.15, 0.2) is 0 Å². The van der Waals surface area contributed by atoms with E-state index in [2.05, 4.69) is 56.4 Å². The van der Waals surface area contributed by atoms with Crippen LogP contribution in [0.1, 0.15) is 17.3 Å². The minimum Gasteiger partial charge on any atom is -0.496 e. The molecule has 170 valence electrons. The molecule has 0 aliphatic carbocycles. The molecule has 1 aliphatic heterocycles. The summed E-state index contributed by atoms with van der Waals surface area (Å²) in [5, 5.41) is 9.06. The summed E-state index contributed by atoms with van der Waals surface area (Å²) in [5.41, 5.74) is 5.18. The molecule has 0 N–H and O–H groups in total. The van der Waals surface area contributed by atoms with Crippen molar-refractivity contribution in [3.05, 3.63) is 72.2 Å². The van der Waals surface area contributed by atoms with Crippen molar-refractivity contribution >= 4 is 5.52 Å². The number of likely N-dealkylation sites (N-methyl/N-ethyl adjacent to an activating group) is 1. The number of fused-ring (bicyclic) bond motifs is 1. The van der Waals surface area contributed by atoms with Crippen LogP contribution in [0.2, 0.25) is 0 Å². The summed E-state index contributed by atoms with van der Waals surface area (Å²) in [7, 11) is 5.51. The molecule has 1 fully saturated rings. The summed E-state index contributed by atoms with van der Waals surface area (Å²) in [4.78, 5) is 9.12. The summed E-state index contributed by atoms with van der Waals surface area (Å²) in [6, 6.07) is 16.4. The maximum absolute atomic E-state index is 5.53. The lowest BCUT2D eigenvalue weighted by atomic mass is 10.0. The minimum absolute atomic E-state index is 0.149. The molecule has 4 aromatic rings. The second-order valence-electron chi connectivity index (χ2n) is 8.33. The highest BCUT2D eigenvalue weighted by Gasteiger charge is 2.30. The van der Waals surface area contributed by atoms with Gasteiger partial charge in [-0.1, -0.05) is 35.5 Å². The number of methoxy groups -OCH3 is 2. The molecule has 1 aliphatic rings. The van der Waals surface area contributed by atoms with E-state index in [1.54, 1.807) is 20.4 Å². The van der Waals surface area contributed by atoms with E-state index >= 15 is 0 Å². The van der Waals surface area contributed by atoms with Gasteiger partial charge in [-0.05, 0) is 25.2 Å². The SMILES string of the molecule is COc1ccccc1-c1ccc2c([C@H]3CN(Cc4cccnc4OC)CCN3C)nnn2c1. The number of ether oxygens (including phenoxy) is 2. The minimum atomic E-state index is 0.149. The number of para-hydroxylation sites is 1. The van der Waals surface area contributed by atoms with Gasteiger partial charge in [0.1, 0.15) is 11.4 Å². The Hall–Kier alpha value is -3.49. The second kappa shape index (κ2) is 9.17. The van der Waals surface area contributed by atoms with Crippen molar-refractivity contribution in [2.75, 3.05) is 40.9 Å². The van der Waals surface area contributed by atoms with Crippen LogP contribution in [0.15, 0.2) is 60.9 Å². The van der Waals surface area contributed by atoms with E-state index in [-0.39, 0.29) is 6.04 Å². The first-order valence-electron chi connectivity index (χ1n) is 11.1. The van der Waals surface area contributed by atoms with Crippen LogP contribution in [-0.2, 0) is 6.54 Å². The van der Waals surface area contributed by atoms with E-state index in [1.165, 1.54) is 0 Å². The molecule has 5 rings (SSSR count). The van der Waals surface area contributed by atoms with E-state index in [1.807, 2.05) is 35.0 Å². The number of aromatic nitrogens is 4. The van der Waals surface area contributed by atoms with Crippen LogP contribution in [0, 0.1) is 0 Å². The maximum Gasteiger partial charge on any atom is 0.217 e. The molecule has 0 amide bonds. The number of piperazine rings is 1. The Labute approximate surface area is 193 Å². The molecule has 8 nitrogen and oxygen atoms in total. The molecule has 1 aromatic carbocycles. The first-order valence-corrected chi connectivity index (χ1v) is 11.1. The monoisotopic (exact) mass is 444 g/mol. The summed E-state index contributed by atoms with van der Waals surface area (Å²) >= 11 is 0. The molecular weight excluding hydrogens is 416 g/mol. The quantitative estimate of drug-likeness (QED) is 0.452. The zero-order valence-electron chi connectivity index (χ0n) is 19.2. The van der Waals surface area contributed by atoms with Crippen molar-refractivity contribution in [3.8, 4) is 22.8 Å². The van der Waals surface area contributed by atoms with Crippen LogP contribution in [0.5, 0.6) is 11.6 Å². The highest BCUT2D eigenvalue weighted by Crippen LogP contribution is 2.32. The summed E-state index contributed by atoms with van der Waals surface area (Å²) in [6.45, 7) is 3.57. The maximum atomic E-state index is 5.53. The predicted octanol–water partition coefficient (Wildman–Crippen LogP) is 3.30. The van der Waals surface area contributed by atoms with E-state index in [0.717, 1.165) is 59.8 Å². The first-order chi connectivity index (χ1) is 16.2. The first kappa shape index (κ1) is 21.4. The van der Waals surface area contributed by atoms with E-state index < -0.39 is 0 Å². The molecule has 0 saturated carbocycles. The smallest absolute Gasteiger partial charge is 0.217 e. The molecule has 3 aromatic heterocycles. The standard InChI is InChI=1S/C25H28N6O2/c1-29-13-14-30(15-19-7-6-12-26-25(19)33-3)17-22(29)24-21-11-10-18(16-31(21)28-27-24)20-8-4-5-9-23(20)32-2/h4-12,16,22H,13-15,17H2,1-3H3/t22-/m1/s1. The molecule has 0 spiro atoms. The van der Waals surface area contributed by atoms with Crippen LogP contribution < -0.4 is 9.47 Å². The van der Waals surface area contributed by atoms with Crippen LogP contribution >= 0.6 is 0 Å². The van der Waals surface area contributed by atoms with E-state index in [0.29, 0.717) is 5.88 Å². The summed E-state index contributed by atoms with van der Waals surface area (Å²) in [5.74, 6) is 1.52. The Kier molecular flexibility index (Phi) is 5.93. The number of nitrogens with zero attached hydrogens (tertiary/aromatic N) is 6. The number of hydrogen-bond donors (Lipinski definition) is 0. The van der Waals surface area contributed by atoms with Crippen molar-refractivity contribution < 1.29 is 9.47 Å². The van der Waals surface area contributed by atoms with Gasteiger partial charge in [0, 0.05) is 55.3 Å². The predicted molar refractivity (Wildman–Crippen MR) is 126 cm³/mol. The lowest BCUT2D eigenvalue weighted by molar-refractivity contribution is 0.0882. The Morgan fingerprint density at radius 1 is 1.00 bits per heavy atom. The summed E-state index contributed by atoms with van der Waals surface area (Å²) in [6.07, 6.45) is 3.78. The highest BCUT2D eigenvalue weighted by molar-refractivity contribution is 5.71. The fourth-order valence-corrected chi connectivity index (χ4v) is 4.53. The number of pyridine rings is 2. The Balaban J connectivity index is 1.42. The third-order valence-electron chi connectivity index (χ3n) is 6.34. The normalized spacial score (nSPS) is 17.4. The molecule has 1 atom stereocenters. The highest BCUT2D eigenvalue weighted by atomic mass is 16.5. The molecule has 1 saturated heterocycles. The van der Waals surface area contributed by atoms with Gasteiger partial charge in [0.05, 0.1) is 25.8 Å².